The van der Waals surface area contributed by atoms with Crippen molar-refractivity contribution < 1.29 is 9.47 Å². The quantitative estimate of drug-likeness (QED) is 0.598. The van der Waals surface area contributed by atoms with Crippen LogP contribution in [0.2, 0.25) is 0 Å². The van der Waals surface area contributed by atoms with E-state index in [4.69, 9.17) is 9.47 Å². The highest BCUT2D eigenvalue weighted by molar-refractivity contribution is 8.00. The molecule has 0 aromatic rings. The van der Waals surface area contributed by atoms with Crippen molar-refractivity contribution in [3.63, 3.8) is 0 Å². The van der Waals surface area contributed by atoms with Gasteiger partial charge in [-0.2, -0.15) is 11.8 Å². The number of thioether (sulfide) groups is 1. The maximum Gasteiger partial charge on any atom is 0.169 e. The molecule has 0 saturated carbocycles. The molecule has 2 aliphatic rings. The lowest BCUT2D eigenvalue weighted by Crippen LogP contribution is -2.39. The minimum atomic E-state index is 0.0498. The molecule has 3 heteroatoms. The molecular formula is C8H14O2S. The van der Waals surface area contributed by atoms with Crippen LogP contribution in [0, 0.1) is 11.8 Å². The normalized spacial score (nSPS) is 49.6. The summed E-state index contributed by atoms with van der Waals surface area (Å²) >= 11 is 2.00. The highest BCUT2D eigenvalue weighted by Gasteiger charge is 2.43. The molecule has 2 bridgehead atoms. The van der Waals surface area contributed by atoms with Gasteiger partial charge in [0.25, 0.3) is 0 Å². The molecule has 2 fully saturated rings. The Morgan fingerprint density at radius 3 is 3.09 bits per heavy atom. The summed E-state index contributed by atoms with van der Waals surface area (Å²) in [6, 6.07) is 0. The van der Waals surface area contributed by atoms with Gasteiger partial charge in [-0.3, -0.25) is 0 Å². The van der Waals surface area contributed by atoms with E-state index in [0.717, 1.165) is 18.4 Å². The van der Waals surface area contributed by atoms with Crippen molar-refractivity contribution >= 4 is 11.8 Å². The minimum Gasteiger partial charge on any atom is -0.355 e. The van der Waals surface area contributed by atoms with Crippen LogP contribution in [0.1, 0.15) is 6.92 Å². The molecular weight excluding hydrogens is 160 g/mol. The number of fused-ring (bicyclic) bond motifs is 2. The van der Waals surface area contributed by atoms with Crippen LogP contribution in [0.25, 0.3) is 0 Å². The zero-order valence-electron chi connectivity index (χ0n) is 6.95. The highest BCUT2D eigenvalue weighted by Crippen LogP contribution is 2.43. The molecule has 0 radical (unpaired) electrons. The Balaban J connectivity index is 2.08. The van der Waals surface area contributed by atoms with Gasteiger partial charge in [0.2, 0.25) is 0 Å². The lowest BCUT2D eigenvalue weighted by Gasteiger charge is -2.32. The van der Waals surface area contributed by atoms with E-state index >= 15 is 0 Å². The molecule has 0 aromatic heterocycles. The highest BCUT2D eigenvalue weighted by atomic mass is 32.2. The van der Waals surface area contributed by atoms with Crippen LogP contribution >= 0.6 is 11.8 Å². The summed E-state index contributed by atoms with van der Waals surface area (Å²) in [5, 5.41) is 0.582. The summed E-state index contributed by atoms with van der Waals surface area (Å²) in [7, 11) is 1.73. The molecule has 0 amide bonds. The first kappa shape index (κ1) is 7.90. The predicted molar refractivity (Wildman–Crippen MR) is 45.6 cm³/mol. The van der Waals surface area contributed by atoms with E-state index in [-0.39, 0.29) is 6.29 Å². The number of hydrogen-bond acceptors (Lipinski definition) is 3. The van der Waals surface area contributed by atoms with Crippen molar-refractivity contribution in [2.45, 2.75) is 18.5 Å². The van der Waals surface area contributed by atoms with E-state index < -0.39 is 0 Å². The topological polar surface area (TPSA) is 18.5 Å². The molecule has 4 atom stereocenters. The monoisotopic (exact) mass is 174 g/mol. The number of hydrogen-bond donors (Lipinski definition) is 0. The molecule has 0 spiro atoms. The van der Waals surface area contributed by atoms with E-state index in [1.165, 1.54) is 5.75 Å². The standard InChI is InChI=1S/C8H14O2S/c1-5-6-3-10-8(9-2)7(5)11-4-6/h5-8H,3-4H2,1-2H3/t5-,6?,7?,8+/m0/s1. The third-order valence-corrected chi connectivity index (χ3v) is 4.40. The first-order chi connectivity index (χ1) is 5.33. The molecule has 11 heavy (non-hydrogen) atoms. The Bertz CT molecular complexity index is 151. The van der Waals surface area contributed by atoms with Crippen molar-refractivity contribution in [3.05, 3.63) is 0 Å². The average Bonchev–Trinajstić information content (AvgIpc) is 2.31. The lowest BCUT2D eigenvalue weighted by atomic mass is 9.91. The van der Waals surface area contributed by atoms with Gasteiger partial charge in [-0.1, -0.05) is 6.92 Å². The van der Waals surface area contributed by atoms with Crippen LogP contribution < -0.4 is 0 Å². The van der Waals surface area contributed by atoms with E-state index in [2.05, 4.69) is 6.92 Å². The zero-order valence-corrected chi connectivity index (χ0v) is 7.76. The number of ether oxygens (including phenoxy) is 2. The van der Waals surface area contributed by atoms with Gasteiger partial charge in [0.15, 0.2) is 6.29 Å². The van der Waals surface area contributed by atoms with Gasteiger partial charge in [-0.25, -0.2) is 0 Å². The molecule has 0 N–H and O–H groups in total. The van der Waals surface area contributed by atoms with Crippen LogP contribution in [0.4, 0.5) is 0 Å². The first-order valence-electron chi connectivity index (χ1n) is 4.09. The molecule has 2 unspecified atom stereocenters. The molecule has 64 valence electrons. The predicted octanol–water partition coefficient (Wildman–Crippen LogP) is 1.36. The SMILES string of the molecule is CO[C@@H]1OCC2CSC1[C@H]2C. The maximum absolute atomic E-state index is 5.54. The Labute approximate surface area is 71.6 Å². The van der Waals surface area contributed by atoms with Crippen LogP contribution in [0.15, 0.2) is 0 Å². The summed E-state index contributed by atoms with van der Waals surface area (Å²) in [5.41, 5.74) is 0. The smallest absolute Gasteiger partial charge is 0.169 e. The zero-order chi connectivity index (χ0) is 7.84. The van der Waals surface area contributed by atoms with E-state index in [1.54, 1.807) is 7.11 Å². The van der Waals surface area contributed by atoms with Crippen LogP contribution in [0.5, 0.6) is 0 Å². The summed E-state index contributed by atoms with van der Waals surface area (Å²) < 4.78 is 10.8. The van der Waals surface area contributed by atoms with Crippen LogP contribution in [-0.2, 0) is 9.47 Å². The second-order valence-electron chi connectivity index (χ2n) is 3.35. The van der Waals surface area contributed by atoms with Crippen molar-refractivity contribution in [1.29, 1.82) is 0 Å². The third kappa shape index (κ3) is 1.19. The molecule has 2 aliphatic heterocycles. The van der Waals surface area contributed by atoms with Gasteiger partial charge in [0, 0.05) is 7.11 Å². The second kappa shape index (κ2) is 2.96. The van der Waals surface area contributed by atoms with Crippen molar-refractivity contribution in [1.82, 2.24) is 0 Å². The fourth-order valence-corrected chi connectivity index (χ4v) is 3.59. The fourth-order valence-electron chi connectivity index (χ4n) is 1.85. The van der Waals surface area contributed by atoms with Crippen molar-refractivity contribution in [2.75, 3.05) is 19.5 Å². The maximum atomic E-state index is 5.54. The Kier molecular flexibility index (Phi) is 2.12. The van der Waals surface area contributed by atoms with Crippen LogP contribution in [-0.4, -0.2) is 31.0 Å². The van der Waals surface area contributed by atoms with E-state index in [1.807, 2.05) is 11.8 Å². The Morgan fingerprint density at radius 1 is 1.55 bits per heavy atom. The van der Waals surface area contributed by atoms with Crippen molar-refractivity contribution in [3.8, 4) is 0 Å². The number of methoxy groups -OCH3 is 1. The Hall–Kier alpha value is 0.270. The van der Waals surface area contributed by atoms with Crippen molar-refractivity contribution in [2.24, 2.45) is 11.8 Å². The lowest BCUT2D eigenvalue weighted by molar-refractivity contribution is -0.161. The average molecular weight is 174 g/mol. The largest absolute Gasteiger partial charge is 0.355 e. The molecule has 2 saturated heterocycles. The van der Waals surface area contributed by atoms with E-state index in [9.17, 15) is 0 Å². The molecule has 0 aromatic carbocycles. The van der Waals surface area contributed by atoms with E-state index in [0.29, 0.717) is 5.25 Å². The van der Waals surface area contributed by atoms with Gasteiger partial charge < -0.3 is 9.47 Å². The van der Waals surface area contributed by atoms with Gasteiger partial charge in [-0.05, 0) is 17.6 Å². The van der Waals surface area contributed by atoms with Gasteiger partial charge >= 0.3 is 0 Å². The Morgan fingerprint density at radius 2 is 2.36 bits per heavy atom. The molecule has 2 rings (SSSR count). The van der Waals surface area contributed by atoms with Gasteiger partial charge in [-0.15, -0.1) is 0 Å². The molecule has 2 heterocycles. The summed E-state index contributed by atoms with van der Waals surface area (Å²) in [6.45, 7) is 3.20. The second-order valence-corrected chi connectivity index (χ2v) is 4.57. The van der Waals surface area contributed by atoms with Gasteiger partial charge in [0.1, 0.15) is 0 Å². The fraction of sp³-hybridized carbons (Fsp3) is 1.00. The third-order valence-electron chi connectivity index (χ3n) is 2.74. The summed E-state index contributed by atoms with van der Waals surface area (Å²) in [5.74, 6) is 2.81. The molecule has 0 aliphatic carbocycles. The summed E-state index contributed by atoms with van der Waals surface area (Å²) in [6.07, 6.45) is 0.0498. The van der Waals surface area contributed by atoms with Crippen LogP contribution in [0.3, 0.4) is 0 Å². The number of rotatable bonds is 1. The minimum absolute atomic E-state index is 0.0498. The summed E-state index contributed by atoms with van der Waals surface area (Å²) in [4.78, 5) is 0. The molecule has 2 nitrogen and oxygen atoms in total. The van der Waals surface area contributed by atoms with Gasteiger partial charge in [0.05, 0.1) is 11.9 Å². The first-order valence-corrected chi connectivity index (χ1v) is 5.14.